The van der Waals surface area contributed by atoms with Crippen LogP contribution in [0.3, 0.4) is 0 Å². The molecular formula is C11H12Cl2O3. The lowest BCUT2D eigenvalue weighted by molar-refractivity contribution is -0.139. The first-order chi connectivity index (χ1) is 7.58. The van der Waals surface area contributed by atoms with Gasteiger partial charge in [0.05, 0.1) is 0 Å². The lowest BCUT2D eigenvalue weighted by Gasteiger charge is -2.11. The number of carbonyl (C=O) groups is 1. The predicted molar refractivity (Wildman–Crippen MR) is 63.5 cm³/mol. The summed E-state index contributed by atoms with van der Waals surface area (Å²) in [6, 6.07) is 3.36. The Balaban J connectivity index is 2.96. The first-order valence-corrected chi connectivity index (χ1v) is 5.71. The molecule has 0 atom stereocenters. The summed E-state index contributed by atoms with van der Waals surface area (Å²) in [6.07, 6.45) is 0.770. The van der Waals surface area contributed by atoms with Gasteiger partial charge in [-0.05, 0) is 29.7 Å². The monoisotopic (exact) mass is 262 g/mol. The summed E-state index contributed by atoms with van der Waals surface area (Å²) in [4.78, 5) is 10.4. The molecule has 0 unspecified atom stereocenters. The number of rotatable bonds is 5. The van der Waals surface area contributed by atoms with E-state index in [9.17, 15) is 4.79 Å². The molecule has 0 amide bonds. The smallest absolute Gasteiger partial charge is 0.341 e. The predicted octanol–water partition coefficient (Wildman–Crippen LogP) is 3.10. The van der Waals surface area contributed by atoms with Crippen molar-refractivity contribution in [3.05, 3.63) is 28.3 Å². The van der Waals surface area contributed by atoms with Crippen molar-refractivity contribution in [2.75, 3.05) is 6.61 Å². The molecule has 88 valence electrons. The molecule has 0 spiro atoms. The average Bonchev–Trinajstić information content (AvgIpc) is 2.25. The highest BCUT2D eigenvalue weighted by Crippen LogP contribution is 2.28. The zero-order valence-corrected chi connectivity index (χ0v) is 10.3. The molecule has 0 fully saturated rings. The number of halogens is 2. The van der Waals surface area contributed by atoms with Crippen molar-refractivity contribution in [1.29, 1.82) is 0 Å². The van der Waals surface area contributed by atoms with Gasteiger partial charge in [0.25, 0.3) is 0 Å². The molecule has 0 bridgehead atoms. The third kappa shape index (κ3) is 3.29. The van der Waals surface area contributed by atoms with Gasteiger partial charge in [-0.15, -0.1) is 11.6 Å². The maximum atomic E-state index is 10.4. The topological polar surface area (TPSA) is 46.5 Å². The fourth-order valence-corrected chi connectivity index (χ4v) is 2.04. The van der Waals surface area contributed by atoms with Gasteiger partial charge in [-0.2, -0.15) is 0 Å². The lowest BCUT2D eigenvalue weighted by atomic mass is 10.1. The van der Waals surface area contributed by atoms with Crippen LogP contribution in [0.1, 0.15) is 18.1 Å². The number of ether oxygens (including phenoxy) is 1. The van der Waals surface area contributed by atoms with E-state index in [1.807, 2.05) is 6.92 Å². The molecule has 0 aromatic heterocycles. The van der Waals surface area contributed by atoms with Crippen LogP contribution in [-0.2, 0) is 17.1 Å². The maximum Gasteiger partial charge on any atom is 0.341 e. The van der Waals surface area contributed by atoms with Gasteiger partial charge in [-0.25, -0.2) is 4.79 Å². The SMILES string of the molecule is CCc1cc(OCC(=O)O)cc(Cl)c1CCl. The van der Waals surface area contributed by atoms with Gasteiger partial charge >= 0.3 is 5.97 Å². The number of carboxylic acid groups (broad SMARTS) is 1. The van der Waals surface area contributed by atoms with E-state index in [0.29, 0.717) is 16.7 Å². The minimum Gasteiger partial charge on any atom is -0.482 e. The molecule has 1 N–H and O–H groups in total. The summed E-state index contributed by atoms with van der Waals surface area (Å²) in [7, 11) is 0. The van der Waals surface area contributed by atoms with Gasteiger partial charge in [-0.3, -0.25) is 0 Å². The van der Waals surface area contributed by atoms with E-state index in [0.717, 1.165) is 17.5 Å². The molecule has 0 aliphatic carbocycles. The van der Waals surface area contributed by atoms with E-state index in [1.165, 1.54) is 0 Å². The maximum absolute atomic E-state index is 10.4. The van der Waals surface area contributed by atoms with Crippen LogP contribution in [0.5, 0.6) is 5.75 Å². The minimum absolute atomic E-state index is 0.335. The second kappa shape index (κ2) is 5.97. The Morgan fingerprint density at radius 2 is 2.19 bits per heavy atom. The zero-order valence-electron chi connectivity index (χ0n) is 8.80. The van der Waals surface area contributed by atoms with Gasteiger partial charge < -0.3 is 9.84 Å². The molecule has 1 aromatic rings. The van der Waals surface area contributed by atoms with Crippen LogP contribution < -0.4 is 4.74 Å². The number of alkyl halides is 1. The van der Waals surface area contributed by atoms with Crippen LogP contribution in [-0.4, -0.2) is 17.7 Å². The van der Waals surface area contributed by atoms with Crippen LogP contribution >= 0.6 is 23.2 Å². The molecule has 0 aliphatic rings. The van der Waals surface area contributed by atoms with E-state index < -0.39 is 5.97 Å². The van der Waals surface area contributed by atoms with Gasteiger partial charge in [0, 0.05) is 10.9 Å². The molecule has 0 saturated carbocycles. The number of aryl methyl sites for hydroxylation is 1. The Morgan fingerprint density at radius 1 is 1.50 bits per heavy atom. The van der Waals surface area contributed by atoms with E-state index in [-0.39, 0.29) is 6.61 Å². The Labute approximate surface area is 104 Å². The van der Waals surface area contributed by atoms with E-state index in [1.54, 1.807) is 12.1 Å². The third-order valence-corrected chi connectivity index (χ3v) is 2.74. The van der Waals surface area contributed by atoms with Crippen molar-refractivity contribution in [3.8, 4) is 5.75 Å². The number of benzene rings is 1. The standard InChI is InChI=1S/C11H12Cl2O3/c1-2-7-3-8(16-6-11(14)15)4-10(13)9(7)5-12/h3-4H,2,5-6H2,1H3,(H,14,15). The molecule has 1 aromatic carbocycles. The van der Waals surface area contributed by atoms with Crippen molar-refractivity contribution in [2.45, 2.75) is 19.2 Å². The van der Waals surface area contributed by atoms with Gasteiger partial charge in [0.2, 0.25) is 0 Å². The Morgan fingerprint density at radius 3 is 2.69 bits per heavy atom. The second-order valence-electron chi connectivity index (χ2n) is 3.21. The fourth-order valence-electron chi connectivity index (χ4n) is 1.36. The molecule has 0 heterocycles. The normalized spacial score (nSPS) is 10.2. The summed E-state index contributed by atoms with van der Waals surface area (Å²) in [5.74, 6) is -0.227. The number of carboxylic acids is 1. The van der Waals surface area contributed by atoms with Crippen LogP contribution in [0.15, 0.2) is 12.1 Å². The van der Waals surface area contributed by atoms with E-state index >= 15 is 0 Å². The molecular weight excluding hydrogens is 251 g/mol. The van der Waals surface area contributed by atoms with Crippen molar-refractivity contribution in [1.82, 2.24) is 0 Å². The van der Waals surface area contributed by atoms with Crippen LogP contribution in [0.4, 0.5) is 0 Å². The summed E-state index contributed by atoms with van der Waals surface area (Å²) in [5, 5.41) is 9.00. The molecule has 0 radical (unpaired) electrons. The first-order valence-electron chi connectivity index (χ1n) is 4.80. The number of aliphatic carboxylic acids is 1. The Kier molecular flexibility index (Phi) is 4.90. The Bertz CT molecular complexity index is 391. The van der Waals surface area contributed by atoms with E-state index in [4.69, 9.17) is 33.0 Å². The summed E-state index contributed by atoms with van der Waals surface area (Å²) < 4.78 is 5.06. The zero-order chi connectivity index (χ0) is 12.1. The van der Waals surface area contributed by atoms with Crippen LogP contribution in [0, 0.1) is 0 Å². The third-order valence-electron chi connectivity index (χ3n) is 2.14. The lowest BCUT2D eigenvalue weighted by Crippen LogP contribution is -2.09. The van der Waals surface area contributed by atoms with Crippen LogP contribution in [0.25, 0.3) is 0 Å². The fraction of sp³-hybridized carbons (Fsp3) is 0.364. The summed E-state index contributed by atoms with van der Waals surface area (Å²) in [6.45, 7) is 1.60. The van der Waals surface area contributed by atoms with Gasteiger partial charge in [0.15, 0.2) is 6.61 Å². The second-order valence-corrected chi connectivity index (χ2v) is 3.89. The van der Waals surface area contributed by atoms with Crippen molar-refractivity contribution in [3.63, 3.8) is 0 Å². The van der Waals surface area contributed by atoms with Crippen LogP contribution in [0.2, 0.25) is 5.02 Å². The molecule has 0 saturated heterocycles. The quantitative estimate of drug-likeness (QED) is 0.830. The van der Waals surface area contributed by atoms with Crippen molar-refractivity contribution < 1.29 is 14.6 Å². The van der Waals surface area contributed by atoms with E-state index in [2.05, 4.69) is 0 Å². The molecule has 3 nitrogen and oxygen atoms in total. The average molecular weight is 263 g/mol. The Hall–Kier alpha value is -0.930. The van der Waals surface area contributed by atoms with Gasteiger partial charge in [-0.1, -0.05) is 18.5 Å². The highest BCUT2D eigenvalue weighted by molar-refractivity contribution is 6.32. The minimum atomic E-state index is -1.02. The molecule has 0 aliphatic heterocycles. The largest absolute Gasteiger partial charge is 0.482 e. The highest BCUT2D eigenvalue weighted by atomic mass is 35.5. The number of hydrogen-bond acceptors (Lipinski definition) is 2. The first kappa shape index (κ1) is 13.1. The number of hydrogen-bond donors (Lipinski definition) is 1. The molecule has 16 heavy (non-hydrogen) atoms. The van der Waals surface area contributed by atoms with Crippen molar-refractivity contribution in [2.24, 2.45) is 0 Å². The van der Waals surface area contributed by atoms with Gasteiger partial charge in [0.1, 0.15) is 5.75 Å². The molecule has 5 heteroatoms. The summed E-state index contributed by atoms with van der Waals surface area (Å²) >= 11 is 11.8. The summed E-state index contributed by atoms with van der Waals surface area (Å²) in [5.41, 5.74) is 1.84. The highest BCUT2D eigenvalue weighted by Gasteiger charge is 2.09. The molecule has 1 rings (SSSR count). The van der Waals surface area contributed by atoms with Crippen molar-refractivity contribution >= 4 is 29.2 Å².